The Hall–Kier alpha value is 0.170. The molecule has 2 atom stereocenters. The molecule has 0 aromatic carbocycles. The van der Waals surface area contributed by atoms with Crippen LogP contribution in [0.2, 0.25) is 0 Å². The molecule has 0 saturated carbocycles. The van der Waals surface area contributed by atoms with Gasteiger partial charge in [0.1, 0.15) is 0 Å². The van der Waals surface area contributed by atoms with Crippen LogP contribution in [0.15, 0.2) is 22.3 Å². The smallest absolute Gasteiger partial charge is 0.0637 e. The van der Waals surface area contributed by atoms with Crippen molar-refractivity contribution < 1.29 is 5.11 Å². The van der Waals surface area contributed by atoms with Gasteiger partial charge in [-0.2, -0.15) is 0 Å². The molecule has 0 bridgehead atoms. The summed E-state index contributed by atoms with van der Waals surface area (Å²) in [5, 5.41) is 9.50. The van der Waals surface area contributed by atoms with Crippen LogP contribution in [0.1, 0.15) is 20.3 Å². The highest BCUT2D eigenvalue weighted by Gasteiger charge is 2.10. The monoisotopic (exact) mass is 266 g/mol. The van der Waals surface area contributed by atoms with Gasteiger partial charge in [0.25, 0.3) is 0 Å². The number of halogens is 1. The van der Waals surface area contributed by atoms with Gasteiger partial charge in [-0.15, -0.1) is 6.58 Å². The molecular weight excluding hydrogens is 251 g/mol. The predicted octanol–water partition coefficient (Wildman–Crippen LogP) is 2.90. The van der Waals surface area contributed by atoms with Crippen LogP contribution in [0, 0.1) is 5.92 Å². The average Bonchev–Trinajstić information content (AvgIpc) is 2.02. The highest BCUT2D eigenvalue weighted by Crippen LogP contribution is 2.14. The van der Waals surface area contributed by atoms with Crippen molar-refractivity contribution >= 4 is 22.6 Å². The van der Waals surface area contributed by atoms with Crippen LogP contribution in [-0.4, -0.2) is 11.2 Å². The molecule has 0 aliphatic heterocycles. The minimum atomic E-state index is -0.279. The Morgan fingerprint density at radius 2 is 2.27 bits per heavy atom. The first-order valence-electron chi connectivity index (χ1n) is 3.68. The first-order valence-corrected chi connectivity index (χ1v) is 4.92. The summed E-state index contributed by atoms with van der Waals surface area (Å²) in [5.74, 6) is 0.182. The largest absolute Gasteiger partial charge is 0.392 e. The van der Waals surface area contributed by atoms with E-state index >= 15 is 0 Å². The van der Waals surface area contributed by atoms with Gasteiger partial charge in [0, 0.05) is 0 Å². The van der Waals surface area contributed by atoms with Crippen LogP contribution < -0.4 is 0 Å². The van der Waals surface area contributed by atoms with Crippen LogP contribution in [0.25, 0.3) is 0 Å². The summed E-state index contributed by atoms with van der Waals surface area (Å²) in [4.78, 5) is 0. The molecule has 0 aromatic rings. The zero-order valence-corrected chi connectivity index (χ0v) is 9.21. The number of hydrogen-bond donors (Lipinski definition) is 1. The third kappa shape index (κ3) is 4.58. The van der Waals surface area contributed by atoms with Gasteiger partial charge in [0.05, 0.1) is 6.10 Å². The Bertz CT molecular complexity index is 152. The molecule has 11 heavy (non-hydrogen) atoms. The van der Waals surface area contributed by atoms with E-state index in [1.807, 2.05) is 17.9 Å². The molecule has 1 nitrogen and oxygen atoms in total. The Morgan fingerprint density at radius 3 is 2.64 bits per heavy atom. The maximum absolute atomic E-state index is 9.50. The molecule has 0 amide bonds. The molecule has 64 valence electrons. The van der Waals surface area contributed by atoms with E-state index in [1.165, 1.54) is 5.57 Å². The summed E-state index contributed by atoms with van der Waals surface area (Å²) < 4.78 is 2.00. The lowest BCUT2D eigenvalue weighted by Gasteiger charge is -2.14. The normalized spacial score (nSPS) is 17.6. The van der Waals surface area contributed by atoms with E-state index < -0.39 is 0 Å². The van der Waals surface area contributed by atoms with Crippen molar-refractivity contribution in [1.29, 1.82) is 0 Å². The molecule has 0 spiro atoms. The van der Waals surface area contributed by atoms with E-state index in [4.69, 9.17) is 0 Å². The quantitative estimate of drug-likeness (QED) is 0.612. The molecule has 2 heteroatoms. The summed E-state index contributed by atoms with van der Waals surface area (Å²) in [5.41, 5.74) is 1.21. The van der Waals surface area contributed by atoms with Gasteiger partial charge in [0.2, 0.25) is 0 Å². The maximum atomic E-state index is 9.50. The summed E-state index contributed by atoms with van der Waals surface area (Å²) in [7, 11) is 0. The van der Waals surface area contributed by atoms with Gasteiger partial charge in [0.15, 0.2) is 0 Å². The molecule has 0 saturated heterocycles. The summed E-state index contributed by atoms with van der Waals surface area (Å²) in [6.45, 7) is 7.62. The molecule has 0 aromatic heterocycles. The van der Waals surface area contributed by atoms with E-state index in [0.717, 1.165) is 6.42 Å². The Labute approximate surface area is 82.3 Å². The molecule has 0 rings (SSSR count). The SMILES string of the molecule is C=C[C@@H](C)[C@@H](O)C/C(C)=C/I. The van der Waals surface area contributed by atoms with Gasteiger partial charge < -0.3 is 5.11 Å². The molecule has 0 aliphatic carbocycles. The third-order valence-electron chi connectivity index (χ3n) is 1.70. The van der Waals surface area contributed by atoms with Crippen LogP contribution >= 0.6 is 22.6 Å². The zero-order valence-electron chi connectivity index (χ0n) is 7.05. The van der Waals surface area contributed by atoms with E-state index in [1.54, 1.807) is 6.08 Å². The number of rotatable bonds is 4. The van der Waals surface area contributed by atoms with Crippen molar-refractivity contribution in [3.05, 3.63) is 22.3 Å². The lowest BCUT2D eigenvalue weighted by atomic mass is 9.99. The van der Waals surface area contributed by atoms with E-state index in [2.05, 4.69) is 29.2 Å². The van der Waals surface area contributed by atoms with Crippen LogP contribution in [0.5, 0.6) is 0 Å². The van der Waals surface area contributed by atoms with E-state index in [0.29, 0.717) is 0 Å². The van der Waals surface area contributed by atoms with Crippen molar-refractivity contribution in [2.75, 3.05) is 0 Å². The standard InChI is InChI=1S/C9H15IO/c1-4-8(3)9(11)5-7(2)6-10/h4,6,8-9,11H,1,5H2,2-3H3/b7-6+/t8-,9+/m1/s1. The van der Waals surface area contributed by atoms with Crippen molar-refractivity contribution in [3.8, 4) is 0 Å². The van der Waals surface area contributed by atoms with Crippen LogP contribution in [-0.2, 0) is 0 Å². The molecule has 0 radical (unpaired) electrons. The second kappa shape index (κ2) is 5.77. The molecule has 1 N–H and O–H groups in total. The highest BCUT2D eigenvalue weighted by atomic mass is 127. The van der Waals surface area contributed by atoms with Gasteiger partial charge in [-0.3, -0.25) is 0 Å². The van der Waals surface area contributed by atoms with Crippen molar-refractivity contribution in [2.45, 2.75) is 26.4 Å². The van der Waals surface area contributed by atoms with Gasteiger partial charge in [-0.1, -0.05) is 41.2 Å². The fraction of sp³-hybridized carbons (Fsp3) is 0.556. The van der Waals surface area contributed by atoms with Crippen molar-refractivity contribution in [2.24, 2.45) is 5.92 Å². The van der Waals surface area contributed by atoms with Gasteiger partial charge >= 0.3 is 0 Å². The lowest BCUT2D eigenvalue weighted by Crippen LogP contribution is -2.15. The molecular formula is C9H15IO. The number of aliphatic hydroxyl groups is 1. The number of aliphatic hydroxyl groups excluding tert-OH is 1. The average molecular weight is 266 g/mol. The number of hydrogen-bond acceptors (Lipinski definition) is 1. The summed E-state index contributed by atoms with van der Waals surface area (Å²) in [6, 6.07) is 0. The van der Waals surface area contributed by atoms with Crippen molar-refractivity contribution in [1.82, 2.24) is 0 Å². The van der Waals surface area contributed by atoms with E-state index in [9.17, 15) is 5.11 Å². The third-order valence-corrected chi connectivity index (χ3v) is 2.76. The summed E-state index contributed by atoms with van der Waals surface area (Å²) >= 11 is 2.18. The van der Waals surface area contributed by atoms with Crippen LogP contribution in [0.4, 0.5) is 0 Å². The minimum absolute atomic E-state index is 0.182. The van der Waals surface area contributed by atoms with Crippen molar-refractivity contribution in [3.63, 3.8) is 0 Å². The first kappa shape index (κ1) is 11.2. The minimum Gasteiger partial charge on any atom is -0.392 e. The summed E-state index contributed by atoms with van der Waals surface area (Å²) in [6.07, 6.45) is 2.25. The highest BCUT2D eigenvalue weighted by molar-refractivity contribution is 14.1. The molecule has 0 aliphatic rings. The Balaban J connectivity index is 3.86. The van der Waals surface area contributed by atoms with Gasteiger partial charge in [-0.05, 0) is 23.3 Å². The fourth-order valence-corrected chi connectivity index (χ4v) is 0.972. The maximum Gasteiger partial charge on any atom is 0.0637 e. The molecule has 0 fully saturated rings. The lowest BCUT2D eigenvalue weighted by molar-refractivity contribution is 0.138. The predicted molar refractivity (Wildman–Crippen MR) is 57.8 cm³/mol. The van der Waals surface area contributed by atoms with Gasteiger partial charge in [-0.25, -0.2) is 0 Å². The van der Waals surface area contributed by atoms with Crippen LogP contribution in [0.3, 0.4) is 0 Å². The second-order valence-electron chi connectivity index (χ2n) is 2.82. The molecule has 0 unspecified atom stereocenters. The first-order chi connectivity index (χ1) is 5.11. The second-order valence-corrected chi connectivity index (χ2v) is 3.44. The Morgan fingerprint density at radius 1 is 1.73 bits per heavy atom. The zero-order chi connectivity index (χ0) is 8.85. The Kier molecular flexibility index (Phi) is 5.86. The van der Waals surface area contributed by atoms with E-state index in [-0.39, 0.29) is 12.0 Å². The fourth-order valence-electron chi connectivity index (χ4n) is 0.717. The molecule has 0 heterocycles. The topological polar surface area (TPSA) is 20.2 Å².